The minimum atomic E-state index is 0.351. The van der Waals surface area contributed by atoms with Crippen molar-refractivity contribution < 1.29 is 4.74 Å². The zero-order valence-corrected chi connectivity index (χ0v) is 9.94. The number of likely N-dealkylation sites (N-methyl/N-ethyl adjacent to an activating group) is 1. The molecule has 1 aliphatic rings. The maximum atomic E-state index is 5.69. The molecule has 4 heteroatoms. The van der Waals surface area contributed by atoms with Crippen LogP contribution in [0, 0.1) is 6.92 Å². The van der Waals surface area contributed by atoms with Gasteiger partial charge in [0.05, 0.1) is 18.0 Å². The zero-order chi connectivity index (χ0) is 11.5. The highest BCUT2D eigenvalue weighted by atomic mass is 16.5. The molecule has 2 N–H and O–H groups in total. The Morgan fingerprint density at radius 2 is 2.44 bits per heavy atom. The maximum Gasteiger partial charge on any atom is 0.131 e. The van der Waals surface area contributed by atoms with Gasteiger partial charge in [-0.1, -0.05) is 0 Å². The van der Waals surface area contributed by atoms with E-state index in [9.17, 15) is 0 Å². The largest absolute Gasteiger partial charge is 0.397 e. The van der Waals surface area contributed by atoms with Crippen molar-refractivity contribution in [2.45, 2.75) is 25.9 Å². The zero-order valence-electron chi connectivity index (χ0n) is 9.94. The predicted molar refractivity (Wildman–Crippen MR) is 65.6 cm³/mol. The van der Waals surface area contributed by atoms with Gasteiger partial charge in [-0.15, -0.1) is 0 Å². The Morgan fingerprint density at radius 3 is 3.06 bits per heavy atom. The van der Waals surface area contributed by atoms with Crippen LogP contribution in [0.5, 0.6) is 0 Å². The summed E-state index contributed by atoms with van der Waals surface area (Å²) in [5.74, 6) is 0.990. The van der Waals surface area contributed by atoms with Crippen LogP contribution < -0.4 is 10.6 Å². The van der Waals surface area contributed by atoms with Crippen LogP contribution >= 0.6 is 0 Å². The van der Waals surface area contributed by atoms with Gasteiger partial charge in [-0.25, -0.2) is 4.98 Å². The average Bonchev–Trinajstić information content (AvgIpc) is 2.70. The van der Waals surface area contributed by atoms with Crippen LogP contribution in [0.4, 0.5) is 11.5 Å². The second-order valence-corrected chi connectivity index (χ2v) is 4.42. The summed E-state index contributed by atoms with van der Waals surface area (Å²) < 4.78 is 5.61. The lowest BCUT2D eigenvalue weighted by Crippen LogP contribution is -2.29. The first kappa shape index (κ1) is 11.2. The topological polar surface area (TPSA) is 51.4 Å². The van der Waals surface area contributed by atoms with Crippen molar-refractivity contribution in [1.29, 1.82) is 0 Å². The Balaban J connectivity index is 2.04. The molecule has 1 aliphatic heterocycles. The molecule has 1 saturated heterocycles. The van der Waals surface area contributed by atoms with E-state index in [0.717, 1.165) is 31.0 Å². The van der Waals surface area contributed by atoms with Crippen molar-refractivity contribution in [3.05, 3.63) is 17.8 Å². The highest BCUT2D eigenvalue weighted by Gasteiger charge is 2.18. The molecule has 0 aromatic carbocycles. The number of hydrogen-bond donors (Lipinski definition) is 1. The third-order valence-corrected chi connectivity index (χ3v) is 2.93. The van der Waals surface area contributed by atoms with Gasteiger partial charge < -0.3 is 15.4 Å². The van der Waals surface area contributed by atoms with Crippen molar-refractivity contribution in [3.63, 3.8) is 0 Å². The molecular formula is C12H19N3O. The average molecular weight is 221 g/mol. The Hall–Kier alpha value is -1.29. The Labute approximate surface area is 96.4 Å². The number of aryl methyl sites for hydroxylation is 1. The minimum Gasteiger partial charge on any atom is -0.397 e. The molecule has 16 heavy (non-hydrogen) atoms. The van der Waals surface area contributed by atoms with Crippen LogP contribution in [0.2, 0.25) is 0 Å². The third kappa shape index (κ3) is 2.44. The van der Waals surface area contributed by atoms with Gasteiger partial charge in [0.15, 0.2) is 0 Å². The van der Waals surface area contributed by atoms with E-state index in [4.69, 9.17) is 10.5 Å². The standard InChI is InChI=1S/C12H19N3O/c1-9-6-10(13)7-14-12(9)15(2)8-11-4-3-5-16-11/h6-7,11H,3-5,8,13H2,1-2H3. The molecule has 1 fully saturated rings. The van der Waals surface area contributed by atoms with Crippen molar-refractivity contribution in [3.8, 4) is 0 Å². The number of ether oxygens (including phenoxy) is 1. The predicted octanol–water partition coefficient (Wildman–Crippen LogP) is 1.59. The van der Waals surface area contributed by atoms with Crippen LogP contribution in [-0.4, -0.2) is 31.3 Å². The molecule has 0 radical (unpaired) electrons. The first-order chi connectivity index (χ1) is 7.66. The summed E-state index contributed by atoms with van der Waals surface area (Å²) in [5, 5.41) is 0. The normalized spacial score (nSPS) is 20.0. The minimum absolute atomic E-state index is 0.351. The van der Waals surface area contributed by atoms with E-state index in [0.29, 0.717) is 11.8 Å². The Bertz CT molecular complexity index is 361. The van der Waals surface area contributed by atoms with E-state index >= 15 is 0 Å². The van der Waals surface area contributed by atoms with Gasteiger partial charge in [0, 0.05) is 20.2 Å². The number of nitrogen functional groups attached to an aromatic ring is 1. The first-order valence-corrected chi connectivity index (χ1v) is 5.71. The lowest BCUT2D eigenvalue weighted by molar-refractivity contribution is 0.116. The molecule has 0 saturated carbocycles. The molecule has 0 aliphatic carbocycles. The summed E-state index contributed by atoms with van der Waals surface area (Å²) in [7, 11) is 2.05. The molecule has 0 bridgehead atoms. The van der Waals surface area contributed by atoms with Gasteiger partial charge in [0.2, 0.25) is 0 Å². The fourth-order valence-electron chi connectivity index (χ4n) is 2.17. The fourth-order valence-corrected chi connectivity index (χ4v) is 2.17. The molecule has 1 aromatic rings. The van der Waals surface area contributed by atoms with Crippen molar-refractivity contribution in [2.75, 3.05) is 30.8 Å². The van der Waals surface area contributed by atoms with Gasteiger partial charge in [-0.3, -0.25) is 0 Å². The van der Waals surface area contributed by atoms with E-state index in [2.05, 4.69) is 9.88 Å². The molecule has 0 amide bonds. The van der Waals surface area contributed by atoms with Crippen LogP contribution in [0.3, 0.4) is 0 Å². The Morgan fingerprint density at radius 1 is 1.62 bits per heavy atom. The molecule has 2 heterocycles. The SMILES string of the molecule is Cc1cc(N)cnc1N(C)CC1CCCO1. The molecule has 1 unspecified atom stereocenters. The monoisotopic (exact) mass is 221 g/mol. The smallest absolute Gasteiger partial charge is 0.131 e. The van der Waals surface area contributed by atoms with Crippen molar-refractivity contribution in [1.82, 2.24) is 4.98 Å². The van der Waals surface area contributed by atoms with Crippen LogP contribution in [-0.2, 0) is 4.74 Å². The lowest BCUT2D eigenvalue weighted by Gasteiger charge is -2.23. The number of rotatable bonds is 3. The second kappa shape index (κ2) is 4.70. The first-order valence-electron chi connectivity index (χ1n) is 5.71. The molecule has 1 atom stereocenters. The molecular weight excluding hydrogens is 202 g/mol. The summed E-state index contributed by atoms with van der Waals surface area (Å²) in [5.41, 5.74) is 7.51. The number of aromatic nitrogens is 1. The van der Waals surface area contributed by atoms with Gasteiger partial charge >= 0.3 is 0 Å². The summed E-state index contributed by atoms with van der Waals surface area (Å²) >= 11 is 0. The number of nitrogens with two attached hydrogens (primary N) is 1. The summed E-state index contributed by atoms with van der Waals surface area (Å²) in [4.78, 5) is 6.51. The number of pyridine rings is 1. The van der Waals surface area contributed by atoms with E-state index in [1.54, 1.807) is 6.20 Å². The number of anilines is 2. The molecule has 0 spiro atoms. The van der Waals surface area contributed by atoms with E-state index in [1.165, 1.54) is 6.42 Å². The highest BCUT2D eigenvalue weighted by Crippen LogP contribution is 2.20. The van der Waals surface area contributed by atoms with Crippen molar-refractivity contribution >= 4 is 11.5 Å². The van der Waals surface area contributed by atoms with Gasteiger partial charge in [-0.2, -0.15) is 0 Å². The molecule has 1 aromatic heterocycles. The summed E-state index contributed by atoms with van der Waals surface area (Å²) in [6, 6.07) is 1.95. The van der Waals surface area contributed by atoms with Crippen LogP contribution in [0.25, 0.3) is 0 Å². The van der Waals surface area contributed by atoms with Crippen LogP contribution in [0.1, 0.15) is 18.4 Å². The summed E-state index contributed by atoms with van der Waals surface area (Å²) in [6.45, 7) is 3.83. The Kier molecular flexibility index (Phi) is 3.29. The quantitative estimate of drug-likeness (QED) is 0.842. The van der Waals surface area contributed by atoms with Crippen LogP contribution in [0.15, 0.2) is 12.3 Å². The molecule has 2 rings (SSSR count). The maximum absolute atomic E-state index is 5.69. The second-order valence-electron chi connectivity index (χ2n) is 4.42. The summed E-state index contributed by atoms with van der Waals surface area (Å²) in [6.07, 6.45) is 4.38. The van der Waals surface area contributed by atoms with E-state index < -0.39 is 0 Å². The number of nitrogens with zero attached hydrogens (tertiary/aromatic N) is 2. The lowest BCUT2D eigenvalue weighted by atomic mass is 10.2. The highest BCUT2D eigenvalue weighted by molar-refractivity contribution is 5.52. The van der Waals surface area contributed by atoms with Gasteiger partial charge in [0.1, 0.15) is 5.82 Å². The molecule has 4 nitrogen and oxygen atoms in total. The number of hydrogen-bond acceptors (Lipinski definition) is 4. The van der Waals surface area contributed by atoms with E-state index in [1.807, 2.05) is 20.0 Å². The van der Waals surface area contributed by atoms with E-state index in [-0.39, 0.29) is 0 Å². The van der Waals surface area contributed by atoms with Crippen molar-refractivity contribution in [2.24, 2.45) is 0 Å². The third-order valence-electron chi connectivity index (χ3n) is 2.93. The van der Waals surface area contributed by atoms with Gasteiger partial charge in [0.25, 0.3) is 0 Å². The van der Waals surface area contributed by atoms with Gasteiger partial charge in [-0.05, 0) is 31.4 Å². The fraction of sp³-hybridized carbons (Fsp3) is 0.583. The molecule has 88 valence electrons.